The van der Waals surface area contributed by atoms with Crippen LogP contribution in [0, 0.1) is 46.0 Å². The number of hydrazine groups is 1. The van der Waals surface area contributed by atoms with E-state index in [1.807, 2.05) is 13.8 Å². The minimum absolute atomic E-state index is 0.0527. The van der Waals surface area contributed by atoms with E-state index in [4.69, 9.17) is 15.0 Å². The Morgan fingerprint density at radius 2 is 2.00 bits per heavy atom. The Kier molecular flexibility index (Phi) is 9.70. The van der Waals surface area contributed by atoms with Crippen molar-refractivity contribution in [3.63, 3.8) is 0 Å². The number of guanidine groups is 1. The highest BCUT2D eigenvalue weighted by molar-refractivity contribution is 6.48. The lowest BCUT2D eigenvalue weighted by atomic mass is 9.43. The lowest BCUT2D eigenvalue weighted by Crippen LogP contribution is -2.65. The summed E-state index contributed by atoms with van der Waals surface area (Å²) in [6.07, 6.45) is 3.02. The molecule has 12 nitrogen and oxygen atoms in total. The first-order valence-electron chi connectivity index (χ1n) is 15.0. The second-order valence-electron chi connectivity index (χ2n) is 13.3. The first kappa shape index (κ1) is 32.7. The van der Waals surface area contributed by atoms with Crippen LogP contribution in [0.1, 0.15) is 82.6 Å². The standard InChI is InChI=1S/C29H44BFN6O6/c1-16(2)12-24(30-42-23-15-19-14-22(28(19,4)5)29(23,6)43-30)35-26(39)21(34-27(32)36-37(40)41)8-7-11-33-25(38)18-9-10-20(31)17(3)13-18/h9-10,13,16,19,21-24H,7-8,11-12,14-15H2,1-6H3,(H,33,38)(H,35,39)(H3,32,34,36)/t19-,21-,22?,23+,24+,29-/m0/s1. The van der Waals surface area contributed by atoms with Gasteiger partial charge in [-0.3, -0.25) is 9.59 Å². The molecule has 1 saturated heterocycles. The molecule has 1 aliphatic heterocycles. The maximum absolute atomic E-state index is 13.6. The van der Waals surface area contributed by atoms with Gasteiger partial charge in [0.2, 0.25) is 5.91 Å². The van der Waals surface area contributed by atoms with Gasteiger partial charge < -0.3 is 25.7 Å². The number of aliphatic imine (C=N–C) groups is 1. The molecule has 5 rings (SSSR count). The number of nitro groups is 1. The molecule has 43 heavy (non-hydrogen) atoms. The lowest BCUT2D eigenvalue weighted by molar-refractivity contribution is -0.525. The Bertz CT molecular complexity index is 1260. The van der Waals surface area contributed by atoms with E-state index < -0.39 is 47.4 Å². The van der Waals surface area contributed by atoms with Gasteiger partial charge in [-0.25, -0.2) is 19.5 Å². The molecule has 0 spiro atoms. The van der Waals surface area contributed by atoms with Gasteiger partial charge in [0.05, 0.1) is 17.6 Å². The zero-order chi connectivity index (χ0) is 31.7. The normalized spacial score (nSPS) is 27.1. The quantitative estimate of drug-likeness (QED) is 0.0707. The minimum Gasteiger partial charge on any atom is -0.404 e. The van der Waals surface area contributed by atoms with Crippen molar-refractivity contribution in [1.29, 1.82) is 0 Å². The van der Waals surface area contributed by atoms with Gasteiger partial charge in [0, 0.05) is 12.1 Å². The van der Waals surface area contributed by atoms with Crippen LogP contribution >= 0.6 is 0 Å². The fourth-order valence-corrected chi connectivity index (χ4v) is 7.03. The number of nitrogens with one attached hydrogen (secondary N) is 3. The number of amides is 2. The molecule has 1 unspecified atom stereocenters. The maximum Gasteiger partial charge on any atom is 0.481 e. The van der Waals surface area contributed by atoms with E-state index in [9.17, 15) is 24.1 Å². The van der Waals surface area contributed by atoms with E-state index in [0.29, 0.717) is 35.8 Å². The summed E-state index contributed by atoms with van der Waals surface area (Å²) in [6.45, 7) is 12.5. The molecule has 4 fully saturated rings. The third-order valence-corrected chi connectivity index (χ3v) is 9.51. The van der Waals surface area contributed by atoms with Crippen molar-refractivity contribution in [1.82, 2.24) is 16.1 Å². The van der Waals surface area contributed by atoms with Crippen molar-refractivity contribution in [3.8, 4) is 0 Å². The van der Waals surface area contributed by atoms with E-state index in [1.54, 1.807) is 12.3 Å². The van der Waals surface area contributed by atoms with Gasteiger partial charge in [0.25, 0.3) is 11.9 Å². The minimum atomic E-state index is -1.07. The molecular formula is C29H44BFN6O6. The second kappa shape index (κ2) is 12.8. The number of rotatable bonds is 12. The third-order valence-electron chi connectivity index (χ3n) is 9.51. The summed E-state index contributed by atoms with van der Waals surface area (Å²) >= 11 is 0. The largest absolute Gasteiger partial charge is 0.481 e. The van der Waals surface area contributed by atoms with E-state index in [1.165, 1.54) is 18.2 Å². The van der Waals surface area contributed by atoms with E-state index in [-0.39, 0.29) is 36.3 Å². The van der Waals surface area contributed by atoms with Crippen molar-refractivity contribution in [2.24, 2.45) is 33.9 Å². The number of hydrogen-bond donors (Lipinski definition) is 4. The molecule has 2 bridgehead atoms. The van der Waals surface area contributed by atoms with Gasteiger partial charge in [0.15, 0.2) is 5.03 Å². The van der Waals surface area contributed by atoms with Crippen LogP contribution in [-0.4, -0.2) is 60.2 Å². The highest BCUT2D eigenvalue weighted by atomic mass is 19.1. The molecular weight excluding hydrogens is 558 g/mol. The summed E-state index contributed by atoms with van der Waals surface area (Å²) in [7, 11) is -0.645. The highest BCUT2D eigenvalue weighted by Crippen LogP contribution is 2.65. The maximum atomic E-state index is 13.6. The fourth-order valence-electron chi connectivity index (χ4n) is 7.03. The molecule has 0 aromatic heterocycles. The van der Waals surface area contributed by atoms with Gasteiger partial charge in [-0.05, 0) is 92.9 Å². The van der Waals surface area contributed by atoms with Gasteiger partial charge in [0.1, 0.15) is 11.9 Å². The van der Waals surface area contributed by atoms with Gasteiger partial charge >= 0.3 is 7.12 Å². The zero-order valence-electron chi connectivity index (χ0n) is 25.8. The van der Waals surface area contributed by atoms with Crippen LogP contribution in [0.25, 0.3) is 0 Å². The summed E-state index contributed by atoms with van der Waals surface area (Å²) < 4.78 is 26.6. The van der Waals surface area contributed by atoms with Crippen LogP contribution in [0.3, 0.4) is 0 Å². The van der Waals surface area contributed by atoms with E-state index in [0.717, 1.165) is 12.8 Å². The highest BCUT2D eigenvalue weighted by Gasteiger charge is 2.68. The van der Waals surface area contributed by atoms with Crippen molar-refractivity contribution >= 4 is 24.9 Å². The molecule has 5 N–H and O–H groups in total. The first-order valence-corrected chi connectivity index (χ1v) is 15.0. The third kappa shape index (κ3) is 7.12. The molecule has 1 heterocycles. The summed E-state index contributed by atoms with van der Waals surface area (Å²) in [6, 6.07) is 3.01. The predicted molar refractivity (Wildman–Crippen MR) is 160 cm³/mol. The van der Waals surface area contributed by atoms with E-state index in [2.05, 4.69) is 36.4 Å². The molecule has 6 atom stereocenters. The monoisotopic (exact) mass is 602 g/mol. The van der Waals surface area contributed by atoms with Crippen LogP contribution < -0.4 is 21.8 Å². The fraction of sp³-hybridized carbons (Fsp3) is 0.690. The van der Waals surface area contributed by atoms with Crippen molar-refractivity contribution in [3.05, 3.63) is 45.3 Å². The number of nitrogens with two attached hydrogens (primary N) is 1. The summed E-state index contributed by atoms with van der Waals surface area (Å²) in [5, 5.41) is 15.8. The van der Waals surface area contributed by atoms with Crippen molar-refractivity contribution in [2.45, 2.75) is 97.3 Å². The van der Waals surface area contributed by atoms with Crippen LogP contribution in [0.5, 0.6) is 0 Å². The van der Waals surface area contributed by atoms with Crippen LogP contribution in [0.15, 0.2) is 23.2 Å². The number of aryl methyl sites for hydroxylation is 1. The van der Waals surface area contributed by atoms with Gasteiger partial charge in [-0.15, -0.1) is 0 Å². The molecule has 3 aliphatic carbocycles. The number of halogens is 1. The smallest absolute Gasteiger partial charge is 0.404 e. The Morgan fingerprint density at radius 3 is 2.63 bits per heavy atom. The molecule has 1 aromatic carbocycles. The molecule has 1 aromatic rings. The number of nitrogens with zero attached hydrogens (tertiary/aromatic N) is 2. The number of carbonyl (C=O) groups is 2. The molecule has 236 valence electrons. The van der Waals surface area contributed by atoms with Crippen molar-refractivity contribution < 1.29 is 28.3 Å². The average molecular weight is 603 g/mol. The zero-order valence-corrected chi connectivity index (χ0v) is 25.8. The molecule has 4 aliphatic rings. The number of benzene rings is 1. The lowest BCUT2D eigenvalue weighted by Gasteiger charge is -2.64. The Balaban J connectivity index is 1.42. The summed E-state index contributed by atoms with van der Waals surface area (Å²) in [5.41, 5.74) is 7.89. The van der Waals surface area contributed by atoms with Crippen LogP contribution in [0.2, 0.25) is 0 Å². The molecule has 2 amide bonds. The number of carbonyl (C=O) groups excluding carboxylic acids is 2. The van der Waals surface area contributed by atoms with Crippen molar-refractivity contribution in [2.75, 3.05) is 6.54 Å². The predicted octanol–water partition coefficient (Wildman–Crippen LogP) is 2.91. The SMILES string of the molecule is Cc1cc(C(=O)NCCC[C@H](N=C(N)N[N+](=O)[O-])C(=O)N[C@H](CC(C)C)B2O[C@@H]3C[C@@H]4CC(C4(C)C)[C@]3(C)O2)ccc1F. The number of hydrogen-bond acceptors (Lipinski definition) is 7. The first-order chi connectivity index (χ1) is 20.1. The van der Waals surface area contributed by atoms with Crippen LogP contribution in [0.4, 0.5) is 4.39 Å². The molecule has 0 radical (unpaired) electrons. The van der Waals surface area contributed by atoms with Gasteiger partial charge in [-0.2, -0.15) is 0 Å². The molecule has 14 heteroatoms. The summed E-state index contributed by atoms with van der Waals surface area (Å²) in [4.78, 5) is 41.1. The van der Waals surface area contributed by atoms with Crippen LogP contribution in [-0.2, 0) is 14.1 Å². The Morgan fingerprint density at radius 1 is 1.28 bits per heavy atom. The Hall–Kier alpha value is -3.26. The average Bonchev–Trinajstić information content (AvgIpc) is 3.27. The second-order valence-corrected chi connectivity index (χ2v) is 13.3. The summed E-state index contributed by atoms with van der Waals surface area (Å²) in [5.74, 6) is -1.08. The topological polar surface area (TPSA) is 170 Å². The Labute approximate surface area is 252 Å². The van der Waals surface area contributed by atoms with E-state index >= 15 is 0 Å². The van der Waals surface area contributed by atoms with Gasteiger partial charge in [-0.1, -0.05) is 33.1 Å². The molecule has 3 saturated carbocycles.